The number of hydrogen-bond donors (Lipinski definition) is 2. The van der Waals surface area contributed by atoms with Crippen molar-refractivity contribution in [3.63, 3.8) is 0 Å². The number of nitrogens with zero attached hydrogens (tertiary/aromatic N) is 1. The monoisotopic (exact) mass is 794 g/mol. The molecule has 330 valence electrons. The van der Waals surface area contributed by atoms with Crippen LogP contribution in [0.25, 0.3) is 0 Å². The zero-order valence-corrected chi connectivity index (χ0v) is 37.1. The second-order valence-electron chi connectivity index (χ2n) is 16.3. The fourth-order valence-electron chi connectivity index (χ4n) is 7.61. The summed E-state index contributed by atoms with van der Waals surface area (Å²) in [5.74, 6) is -0.0902. The quantitative estimate of drug-likeness (QED) is 0.0380. The molecule has 0 aliphatic heterocycles. The highest BCUT2D eigenvalue weighted by atomic mass is 16.5. The van der Waals surface area contributed by atoms with Crippen LogP contribution in [0.4, 0.5) is 11.4 Å². The van der Waals surface area contributed by atoms with Gasteiger partial charge in [-0.15, -0.1) is 0 Å². The van der Waals surface area contributed by atoms with Crippen molar-refractivity contribution in [3.05, 3.63) is 20.4 Å². The number of carbonyl (C=O) groups is 2. The molecule has 9 heteroatoms. The maximum atomic E-state index is 13.0. The molecule has 0 unspecified atom stereocenters. The Morgan fingerprint density at radius 3 is 1.41 bits per heavy atom. The molecular formula is C47H91N3O6. The molecule has 0 amide bonds. The molecule has 1 aromatic rings. The second-order valence-corrected chi connectivity index (χ2v) is 16.3. The summed E-state index contributed by atoms with van der Waals surface area (Å²) in [7, 11) is 1.66. The van der Waals surface area contributed by atoms with E-state index < -0.39 is 10.9 Å². The standard InChI is InChI=1S/C47H87N3O6.2H2/c1-6-10-12-14-17-21-25-32-41(33-26-22-18-15-13-11-7-2)56-43(52)35-28-30-38-50(39-31-36-49-45-44(48-5)46(53)47(45)54)37-29-24-20-16-19-23-27-34-42(51)55-40(8-3)9-4;;/h40-41,48-49H,6-39H2,1-5H3;2*1H. The van der Waals surface area contributed by atoms with Crippen LogP contribution in [0.3, 0.4) is 0 Å². The predicted octanol–water partition coefficient (Wildman–Crippen LogP) is 12.1. The van der Waals surface area contributed by atoms with Crippen LogP contribution in [0.1, 0.15) is 223 Å². The lowest BCUT2D eigenvalue weighted by atomic mass is 10.0. The highest BCUT2D eigenvalue weighted by molar-refractivity contribution is 5.73. The molecule has 9 nitrogen and oxygen atoms in total. The number of ether oxygens (including phenoxy) is 2. The van der Waals surface area contributed by atoms with Crippen LogP contribution in [0.2, 0.25) is 0 Å². The first kappa shape index (κ1) is 51.6. The normalized spacial score (nSPS) is 11.6. The lowest BCUT2D eigenvalue weighted by Crippen LogP contribution is -2.37. The zero-order chi connectivity index (χ0) is 41.1. The van der Waals surface area contributed by atoms with Gasteiger partial charge in [-0.05, 0) is 90.3 Å². The second kappa shape index (κ2) is 35.7. The van der Waals surface area contributed by atoms with E-state index in [0.29, 0.717) is 30.8 Å². The SMILES string of the molecule is CCCCCCCCCC(CCCCCCCCC)OC(=O)CCCCN(CCCCCCCCCC(=O)OC(CC)CC)CCCNc1c(NC)c(=O)c1=O.[HH].[HH]. The molecule has 0 bridgehead atoms. The van der Waals surface area contributed by atoms with Crippen molar-refractivity contribution in [2.24, 2.45) is 0 Å². The molecule has 0 fully saturated rings. The summed E-state index contributed by atoms with van der Waals surface area (Å²) < 4.78 is 11.6. The summed E-state index contributed by atoms with van der Waals surface area (Å²) in [6.45, 7) is 12.1. The zero-order valence-electron chi connectivity index (χ0n) is 37.1. The molecule has 0 aliphatic rings. The third-order valence-corrected chi connectivity index (χ3v) is 11.3. The van der Waals surface area contributed by atoms with Gasteiger partial charge in [-0.25, -0.2) is 0 Å². The van der Waals surface area contributed by atoms with E-state index in [0.717, 1.165) is 103 Å². The minimum Gasteiger partial charge on any atom is -0.462 e. The molecule has 2 N–H and O–H groups in total. The van der Waals surface area contributed by atoms with Crippen molar-refractivity contribution < 1.29 is 21.9 Å². The van der Waals surface area contributed by atoms with E-state index in [4.69, 9.17) is 9.47 Å². The fraction of sp³-hybridized carbons (Fsp3) is 0.872. The van der Waals surface area contributed by atoms with Gasteiger partial charge in [0.15, 0.2) is 0 Å². The van der Waals surface area contributed by atoms with Gasteiger partial charge in [-0.3, -0.25) is 19.2 Å². The van der Waals surface area contributed by atoms with Gasteiger partial charge in [-0.1, -0.05) is 137 Å². The molecule has 0 radical (unpaired) electrons. The Morgan fingerprint density at radius 2 is 0.911 bits per heavy atom. The predicted molar refractivity (Wildman–Crippen MR) is 241 cm³/mol. The van der Waals surface area contributed by atoms with Gasteiger partial charge in [-0.2, -0.15) is 0 Å². The van der Waals surface area contributed by atoms with E-state index >= 15 is 0 Å². The maximum Gasteiger partial charge on any atom is 0.306 e. The molecule has 1 aromatic carbocycles. The van der Waals surface area contributed by atoms with E-state index in [9.17, 15) is 19.2 Å². The highest BCUT2D eigenvalue weighted by Gasteiger charge is 2.19. The average Bonchev–Trinajstić information content (AvgIpc) is 3.20. The average molecular weight is 794 g/mol. The van der Waals surface area contributed by atoms with E-state index in [1.165, 1.54) is 96.3 Å². The Labute approximate surface area is 346 Å². The van der Waals surface area contributed by atoms with Crippen LogP contribution < -0.4 is 21.5 Å². The molecule has 0 saturated heterocycles. The molecule has 56 heavy (non-hydrogen) atoms. The van der Waals surface area contributed by atoms with Crippen molar-refractivity contribution in [2.75, 3.05) is 43.9 Å². The van der Waals surface area contributed by atoms with Crippen molar-refractivity contribution >= 4 is 23.3 Å². The van der Waals surface area contributed by atoms with Crippen LogP contribution in [-0.4, -0.2) is 62.3 Å². The van der Waals surface area contributed by atoms with Gasteiger partial charge >= 0.3 is 11.9 Å². The molecule has 0 aliphatic carbocycles. The fourth-order valence-corrected chi connectivity index (χ4v) is 7.61. The van der Waals surface area contributed by atoms with Crippen LogP contribution in [0.5, 0.6) is 0 Å². The number of nitrogens with one attached hydrogen (secondary N) is 2. The molecule has 0 spiro atoms. The number of carbonyl (C=O) groups excluding carboxylic acids is 2. The largest absolute Gasteiger partial charge is 0.462 e. The summed E-state index contributed by atoms with van der Waals surface area (Å²) in [5.41, 5.74) is -0.0986. The van der Waals surface area contributed by atoms with Gasteiger partial charge in [0.05, 0.1) is 0 Å². The first-order valence-electron chi connectivity index (χ1n) is 23.7. The van der Waals surface area contributed by atoms with Crippen molar-refractivity contribution in [3.8, 4) is 0 Å². The number of esters is 2. The van der Waals surface area contributed by atoms with E-state index in [1.807, 2.05) is 0 Å². The number of hydrogen-bond acceptors (Lipinski definition) is 9. The molecular weight excluding hydrogens is 703 g/mol. The lowest BCUT2D eigenvalue weighted by molar-refractivity contribution is -0.150. The van der Waals surface area contributed by atoms with Crippen molar-refractivity contribution in [1.29, 1.82) is 0 Å². The van der Waals surface area contributed by atoms with Gasteiger partial charge in [0.25, 0.3) is 10.9 Å². The van der Waals surface area contributed by atoms with E-state index in [2.05, 4.69) is 43.2 Å². The minimum atomic E-state index is -0.448. The Hall–Kier alpha value is -2.42. The van der Waals surface area contributed by atoms with Crippen LogP contribution >= 0.6 is 0 Å². The van der Waals surface area contributed by atoms with Crippen LogP contribution in [0.15, 0.2) is 9.59 Å². The Bertz CT molecular complexity index is 1160. The maximum absolute atomic E-state index is 13.0. The third kappa shape index (κ3) is 25.8. The van der Waals surface area contributed by atoms with E-state index in [-0.39, 0.29) is 27.0 Å². The summed E-state index contributed by atoms with van der Waals surface area (Å²) in [5, 5.41) is 6.00. The van der Waals surface area contributed by atoms with Gasteiger partial charge < -0.3 is 25.0 Å². The first-order valence-corrected chi connectivity index (χ1v) is 23.7. The third-order valence-electron chi connectivity index (χ3n) is 11.3. The lowest BCUT2D eigenvalue weighted by Gasteiger charge is -2.23. The summed E-state index contributed by atoms with van der Waals surface area (Å²) in [6, 6.07) is 0. The Balaban J connectivity index is 0. The summed E-state index contributed by atoms with van der Waals surface area (Å²) in [6.07, 6.45) is 33.2. The van der Waals surface area contributed by atoms with Gasteiger partial charge in [0.2, 0.25) is 0 Å². The van der Waals surface area contributed by atoms with Crippen LogP contribution in [0, 0.1) is 0 Å². The molecule has 0 saturated carbocycles. The van der Waals surface area contributed by atoms with Crippen molar-refractivity contribution in [1.82, 2.24) is 4.90 Å². The number of rotatable bonds is 41. The smallest absolute Gasteiger partial charge is 0.306 e. The molecule has 1 rings (SSSR count). The molecule has 0 heterocycles. The van der Waals surface area contributed by atoms with Gasteiger partial charge in [0, 0.05) is 29.3 Å². The van der Waals surface area contributed by atoms with Crippen molar-refractivity contribution in [2.45, 2.75) is 233 Å². The Kier molecular flexibility index (Phi) is 32.9. The molecule has 0 aromatic heterocycles. The number of unbranched alkanes of at least 4 members (excludes halogenated alkanes) is 19. The summed E-state index contributed by atoms with van der Waals surface area (Å²) >= 11 is 0. The molecule has 0 atom stereocenters. The first-order chi connectivity index (χ1) is 27.3. The summed E-state index contributed by atoms with van der Waals surface area (Å²) in [4.78, 5) is 51.3. The topological polar surface area (TPSA) is 114 Å². The van der Waals surface area contributed by atoms with Gasteiger partial charge in [0.1, 0.15) is 23.6 Å². The van der Waals surface area contributed by atoms with Crippen LogP contribution in [-0.2, 0) is 19.1 Å². The highest BCUT2D eigenvalue weighted by Crippen LogP contribution is 2.19. The number of anilines is 2. The Morgan fingerprint density at radius 1 is 0.518 bits per heavy atom. The van der Waals surface area contributed by atoms with E-state index in [1.54, 1.807) is 7.05 Å². The minimum absolute atomic E-state index is 0.